The first-order valence-corrected chi connectivity index (χ1v) is 11.2. The summed E-state index contributed by atoms with van der Waals surface area (Å²) in [5.41, 5.74) is 1.82. The van der Waals surface area contributed by atoms with Gasteiger partial charge in [-0.2, -0.15) is 0 Å². The van der Waals surface area contributed by atoms with Gasteiger partial charge in [-0.1, -0.05) is 48.0 Å². The number of carbonyl (C=O) groups excluding carboxylic acids is 1. The van der Waals surface area contributed by atoms with Crippen molar-refractivity contribution < 1.29 is 9.53 Å². The van der Waals surface area contributed by atoms with Crippen LogP contribution in [0, 0.1) is 0 Å². The molecule has 0 radical (unpaired) electrons. The molecule has 0 saturated carbocycles. The van der Waals surface area contributed by atoms with Crippen LogP contribution in [-0.4, -0.2) is 48.6 Å². The van der Waals surface area contributed by atoms with E-state index >= 15 is 0 Å². The topological polar surface area (TPSA) is 57.7 Å². The number of aromatic nitrogens is 1. The first kappa shape index (κ1) is 22.1. The molecule has 0 aliphatic carbocycles. The first-order valence-electron chi connectivity index (χ1n) is 10.8. The summed E-state index contributed by atoms with van der Waals surface area (Å²) in [7, 11) is 0. The molecule has 0 bridgehead atoms. The molecule has 1 aliphatic heterocycles. The Morgan fingerprint density at radius 1 is 0.969 bits per heavy atom. The van der Waals surface area contributed by atoms with Crippen LogP contribution in [0.4, 0.5) is 11.5 Å². The zero-order valence-electron chi connectivity index (χ0n) is 17.9. The first-order chi connectivity index (χ1) is 15.7. The number of para-hydroxylation sites is 1. The summed E-state index contributed by atoms with van der Waals surface area (Å²) in [5, 5.41) is 3.65. The van der Waals surface area contributed by atoms with Crippen molar-refractivity contribution in [2.45, 2.75) is 13.0 Å². The van der Waals surface area contributed by atoms with E-state index in [1.807, 2.05) is 60.7 Å². The molecule has 1 aliphatic rings. The third kappa shape index (κ3) is 6.22. The second-order valence-corrected chi connectivity index (χ2v) is 8.17. The van der Waals surface area contributed by atoms with E-state index in [-0.39, 0.29) is 12.5 Å². The van der Waals surface area contributed by atoms with E-state index in [0.717, 1.165) is 55.5 Å². The number of anilines is 2. The molecule has 3 aromatic rings. The van der Waals surface area contributed by atoms with E-state index < -0.39 is 0 Å². The zero-order valence-corrected chi connectivity index (χ0v) is 18.7. The molecule has 2 heterocycles. The molecule has 0 atom stereocenters. The number of hydrogen-bond donors (Lipinski definition) is 1. The predicted octanol–water partition coefficient (Wildman–Crippen LogP) is 4.46. The van der Waals surface area contributed by atoms with Crippen molar-refractivity contribution in [1.29, 1.82) is 0 Å². The molecule has 2 aromatic carbocycles. The predicted molar refractivity (Wildman–Crippen MR) is 128 cm³/mol. The number of carbonyl (C=O) groups is 1. The summed E-state index contributed by atoms with van der Waals surface area (Å²) < 4.78 is 5.48. The standard InChI is InChI=1S/C25H27ClN4O2/c26-23-10-5-4-7-20(23)18-29-13-6-14-30(16-15-29)24-12-11-21(17-27-24)28-25(31)19-32-22-8-2-1-3-9-22/h1-5,7-12,17H,6,13-16,18-19H2,(H,28,31). The van der Waals surface area contributed by atoms with Crippen LogP contribution < -0.4 is 15.0 Å². The fourth-order valence-electron chi connectivity index (χ4n) is 3.74. The summed E-state index contributed by atoms with van der Waals surface area (Å²) in [4.78, 5) is 21.4. The van der Waals surface area contributed by atoms with Gasteiger partial charge < -0.3 is 15.0 Å². The van der Waals surface area contributed by atoms with Crippen LogP contribution in [0.2, 0.25) is 5.02 Å². The summed E-state index contributed by atoms with van der Waals surface area (Å²) in [6, 6.07) is 21.1. The lowest BCUT2D eigenvalue weighted by Crippen LogP contribution is -2.31. The van der Waals surface area contributed by atoms with Crippen LogP contribution in [0.1, 0.15) is 12.0 Å². The molecule has 32 heavy (non-hydrogen) atoms. The van der Waals surface area contributed by atoms with E-state index in [9.17, 15) is 4.79 Å². The molecular formula is C25H27ClN4O2. The summed E-state index contributed by atoms with van der Waals surface area (Å²) >= 11 is 6.33. The van der Waals surface area contributed by atoms with Gasteiger partial charge >= 0.3 is 0 Å². The Morgan fingerprint density at radius 3 is 2.56 bits per heavy atom. The number of pyridine rings is 1. The fraction of sp³-hybridized carbons (Fsp3) is 0.280. The minimum Gasteiger partial charge on any atom is -0.484 e. The minimum absolute atomic E-state index is 0.0425. The second kappa shape index (κ2) is 11.0. The highest BCUT2D eigenvalue weighted by atomic mass is 35.5. The van der Waals surface area contributed by atoms with Gasteiger partial charge in [-0.15, -0.1) is 0 Å². The van der Waals surface area contributed by atoms with Crippen molar-refractivity contribution in [3.8, 4) is 5.75 Å². The summed E-state index contributed by atoms with van der Waals surface area (Å²) in [5.74, 6) is 1.37. The SMILES string of the molecule is O=C(COc1ccccc1)Nc1ccc(N2CCCN(Cc3ccccc3Cl)CC2)nc1. The maximum Gasteiger partial charge on any atom is 0.262 e. The van der Waals surface area contributed by atoms with Crippen LogP contribution in [-0.2, 0) is 11.3 Å². The highest BCUT2D eigenvalue weighted by Crippen LogP contribution is 2.20. The molecular weight excluding hydrogens is 424 g/mol. The molecule has 6 nitrogen and oxygen atoms in total. The van der Waals surface area contributed by atoms with Gasteiger partial charge in [-0.3, -0.25) is 9.69 Å². The number of nitrogens with zero attached hydrogens (tertiary/aromatic N) is 3. The molecule has 4 rings (SSSR count). The third-order valence-corrected chi connectivity index (χ3v) is 5.78. The van der Waals surface area contributed by atoms with Crippen molar-refractivity contribution in [2.75, 3.05) is 43.0 Å². The van der Waals surface area contributed by atoms with Gasteiger partial charge in [-0.05, 0) is 42.3 Å². The lowest BCUT2D eigenvalue weighted by atomic mass is 10.2. The van der Waals surface area contributed by atoms with E-state index in [2.05, 4.69) is 26.2 Å². The maximum atomic E-state index is 12.1. The average molecular weight is 451 g/mol. The molecule has 1 fully saturated rings. The van der Waals surface area contributed by atoms with E-state index in [4.69, 9.17) is 16.3 Å². The van der Waals surface area contributed by atoms with E-state index in [0.29, 0.717) is 11.4 Å². The van der Waals surface area contributed by atoms with E-state index in [1.54, 1.807) is 6.20 Å². The molecule has 1 amide bonds. The van der Waals surface area contributed by atoms with Gasteiger partial charge in [0.25, 0.3) is 5.91 Å². The number of hydrogen-bond acceptors (Lipinski definition) is 5. The number of benzene rings is 2. The van der Waals surface area contributed by atoms with Crippen LogP contribution in [0.5, 0.6) is 5.75 Å². The van der Waals surface area contributed by atoms with Crippen LogP contribution in [0.15, 0.2) is 72.9 Å². The summed E-state index contributed by atoms with van der Waals surface area (Å²) in [6.45, 7) is 4.63. The lowest BCUT2D eigenvalue weighted by molar-refractivity contribution is -0.118. The third-order valence-electron chi connectivity index (χ3n) is 5.41. The van der Waals surface area contributed by atoms with Crippen molar-refractivity contribution in [1.82, 2.24) is 9.88 Å². The Kier molecular flexibility index (Phi) is 7.59. The van der Waals surface area contributed by atoms with Gasteiger partial charge in [0.1, 0.15) is 11.6 Å². The number of nitrogens with one attached hydrogen (secondary N) is 1. The highest BCUT2D eigenvalue weighted by molar-refractivity contribution is 6.31. The Bertz CT molecular complexity index is 1010. The second-order valence-electron chi connectivity index (χ2n) is 7.76. The smallest absolute Gasteiger partial charge is 0.262 e. The van der Waals surface area contributed by atoms with Gasteiger partial charge in [0.2, 0.25) is 0 Å². The quantitative estimate of drug-likeness (QED) is 0.575. The Hall–Kier alpha value is -3.09. The van der Waals surface area contributed by atoms with Gasteiger partial charge in [0.15, 0.2) is 6.61 Å². The van der Waals surface area contributed by atoms with Crippen molar-refractivity contribution in [2.24, 2.45) is 0 Å². The molecule has 0 spiro atoms. The molecule has 1 N–H and O–H groups in total. The number of rotatable bonds is 7. The number of halogens is 1. The maximum absolute atomic E-state index is 12.1. The molecule has 0 unspecified atom stereocenters. The van der Waals surface area contributed by atoms with Crippen LogP contribution in [0.3, 0.4) is 0 Å². The van der Waals surface area contributed by atoms with Crippen LogP contribution in [0.25, 0.3) is 0 Å². The van der Waals surface area contributed by atoms with Crippen molar-refractivity contribution in [3.63, 3.8) is 0 Å². The fourth-order valence-corrected chi connectivity index (χ4v) is 3.93. The van der Waals surface area contributed by atoms with Gasteiger partial charge in [0, 0.05) is 37.7 Å². The normalized spacial score (nSPS) is 14.6. The van der Waals surface area contributed by atoms with Gasteiger partial charge in [-0.25, -0.2) is 4.98 Å². The molecule has 7 heteroatoms. The van der Waals surface area contributed by atoms with Crippen molar-refractivity contribution in [3.05, 3.63) is 83.5 Å². The van der Waals surface area contributed by atoms with E-state index in [1.165, 1.54) is 0 Å². The molecule has 1 saturated heterocycles. The van der Waals surface area contributed by atoms with Crippen LogP contribution >= 0.6 is 11.6 Å². The Labute approximate surface area is 193 Å². The Morgan fingerprint density at radius 2 is 1.78 bits per heavy atom. The summed E-state index contributed by atoms with van der Waals surface area (Å²) in [6.07, 6.45) is 2.75. The minimum atomic E-state index is -0.214. The Balaban J connectivity index is 1.27. The van der Waals surface area contributed by atoms with Crippen molar-refractivity contribution >= 4 is 29.0 Å². The largest absolute Gasteiger partial charge is 0.484 e. The lowest BCUT2D eigenvalue weighted by Gasteiger charge is -2.23. The number of amides is 1. The molecule has 166 valence electrons. The van der Waals surface area contributed by atoms with Gasteiger partial charge in [0.05, 0.1) is 11.9 Å². The highest BCUT2D eigenvalue weighted by Gasteiger charge is 2.17. The average Bonchev–Trinajstić information content (AvgIpc) is 3.06. The molecule has 1 aromatic heterocycles. The number of ether oxygens (including phenoxy) is 1. The monoisotopic (exact) mass is 450 g/mol. The zero-order chi connectivity index (χ0) is 22.2.